The first-order chi connectivity index (χ1) is 11.3. The molecule has 1 atom stereocenters. The molecule has 1 heterocycles. The summed E-state index contributed by atoms with van der Waals surface area (Å²) in [5.74, 6) is 1.71. The first kappa shape index (κ1) is 14.3. The van der Waals surface area contributed by atoms with Gasteiger partial charge in [0.15, 0.2) is 11.5 Å². The summed E-state index contributed by atoms with van der Waals surface area (Å²) < 4.78 is 11.6. The third-order valence-corrected chi connectivity index (χ3v) is 4.92. The maximum atomic E-state index is 5.82. The van der Waals surface area contributed by atoms with Crippen molar-refractivity contribution >= 4 is 21.5 Å². The molecule has 0 aromatic heterocycles. The van der Waals surface area contributed by atoms with Crippen molar-refractivity contribution in [3.63, 3.8) is 0 Å². The number of benzene rings is 3. The van der Waals surface area contributed by atoms with Gasteiger partial charge in [-0.05, 0) is 41.6 Å². The molecule has 0 radical (unpaired) electrons. The Bertz CT molecular complexity index is 901. The number of nitrogens with one attached hydrogen (secondary N) is 1. The predicted octanol–water partition coefficient (Wildman–Crippen LogP) is 4.22. The average Bonchev–Trinajstić information content (AvgIpc) is 2.60. The maximum absolute atomic E-state index is 5.82. The number of fused-ring (bicyclic) bond motifs is 5. The van der Waals surface area contributed by atoms with Gasteiger partial charge in [-0.25, -0.2) is 0 Å². The van der Waals surface area contributed by atoms with Crippen LogP contribution in [-0.4, -0.2) is 20.8 Å². The lowest BCUT2D eigenvalue weighted by Gasteiger charge is -2.29. The molecule has 23 heavy (non-hydrogen) atoms. The SMILES string of the molecule is COc1c2c(c3ccc4ccccc4c3c1OC)CCNC2C. The van der Waals surface area contributed by atoms with E-state index in [-0.39, 0.29) is 6.04 Å². The van der Waals surface area contributed by atoms with Crippen LogP contribution < -0.4 is 14.8 Å². The normalized spacial score (nSPS) is 17.3. The van der Waals surface area contributed by atoms with Crippen LogP contribution in [0.2, 0.25) is 0 Å². The van der Waals surface area contributed by atoms with Crippen LogP contribution >= 0.6 is 0 Å². The van der Waals surface area contributed by atoms with Gasteiger partial charge >= 0.3 is 0 Å². The highest BCUT2D eigenvalue weighted by Gasteiger charge is 2.27. The van der Waals surface area contributed by atoms with Gasteiger partial charge in [-0.2, -0.15) is 0 Å². The Kier molecular flexibility index (Phi) is 3.38. The molecule has 3 nitrogen and oxygen atoms in total. The van der Waals surface area contributed by atoms with Gasteiger partial charge in [0, 0.05) is 17.0 Å². The van der Waals surface area contributed by atoms with E-state index in [9.17, 15) is 0 Å². The Balaban J connectivity index is 2.25. The van der Waals surface area contributed by atoms with E-state index < -0.39 is 0 Å². The van der Waals surface area contributed by atoms with Crippen molar-refractivity contribution in [1.82, 2.24) is 5.32 Å². The van der Waals surface area contributed by atoms with Crippen molar-refractivity contribution in [2.75, 3.05) is 20.8 Å². The molecule has 118 valence electrons. The molecular weight excluding hydrogens is 286 g/mol. The van der Waals surface area contributed by atoms with Crippen LogP contribution in [-0.2, 0) is 6.42 Å². The third kappa shape index (κ3) is 2.00. The fourth-order valence-electron chi connectivity index (χ4n) is 3.93. The van der Waals surface area contributed by atoms with E-state index >= 15 is 0 Å². The summed E-state index contributed by atoms with van der Waals surface area (Å²) in [5, 5.41) is 8.42. The molecule has 0 saturated carbocycles. The molecule has 0 aliphatic carbocycles. The molecule has 3 aromatic rings. The average molecular weight is 307 g/mol. The molecule has 1 N–H and O–H groups in total. The lowest BCUT2D eigenvalue weighted by molar-refractivity contribution is 0.348. The third-order valence-electron chi connectivity index (χ3n) is 4.92. The fraction of sp³-hybridized carbons (Fsp3) is 0.300. The molecule has 0 saturated heterocycles. The lowest BCUT2D eigenvalue weighted by Crippen LogP contribution is -2.28. The van der Waals surface area contributed by atoms with E-state index in [2.05, 4.69) is 48.6 Å². The number of hydrogen-bond donors (Lipinski definition) is 1. The topological polar surface area (TPSA) is 30.5 Å². The molecule has 1 aliphatic rings. The van der Waals surface area contributed by atoms with E-state index in [0.29, 0.717) is 0 Å². The van der Waals surface area contributed by atoms with Crippen molar-refractivity contribution in [3.8, 4) is 11.5 Å². The summed E-state index contributed by atoms with van der Waals surface area (Å²) in [7, 11) is 3.46. The van der Waals surface area contributed by atoms with Crippen molar-refractivity contribution in [1.29, 1.82) is 0 Å². The predicted molar refractivity (Wildman–Crippen MR) is 94.7 cm³/mol. The molecule has 0 spiro atoms. The summed E-state index contributed by atoms with van der Waals surface area (Å²) in [4.78, 5) is 0. The number of ether oxygens (including phenoxy) is 2. The maximum Gasteiger partial charge on any atom is 0.169 e. The van der Waals surface area contributed by atoms with Gasteiger partial charge in [-0.3, -0.25) is 0 Å². The molecule has 0 fully saturated rings. The second kappa shape index (κ2) is 5.43. The zero-order valence-corrected chi connectivity index (χ0v) is 13.8. The van der Waals surface area contributed by atoms with Gasteiger partial charge in [-0.15, -0.1) is 0 Å². The van der Waals surface area contributed by atoms with Gasteiger partial charge in [0.25, 0.3) is 0 Å². The van der Waals surface area contributed by atoms with E-state index in [0.717, 1.165) is 29.9 Å². The quantitative estimate of drug-likeness (QED) is 0.719. The largest absolute Gasteiger partial charge is 0.492 e. The van der Waals surface area contributed by atoms with Crippen LogP contribution in [0.1, 0.15) is 24.1 Å². The van der Waals surface area contributed by atoms with Gasteiger partial charge in [0.2, 0.25) is 0 Å². The monoisotopic (exact) mass is 307 g/mol. The number of methoxy groups -OCH3 is 2. The van der Waals surface area contributed by atoms with Gasteiger partial charge in [-0.1, -0.05) is 36.4 Å². The van der Waals surface area contributed by atoms with Gasteiger partial charge in [0.05, 0.1) is 14.2 Å². The van der Waals surface area contributed by atoms with Crippen LogP contribution in [0.5, 0.6) is 11.5 Å². The van der Waals surface area contributed by atoms with Crippen molar-refractivity contribution in [3.05, 3.63) is 47.5 Å². The smallest absolute Gasteiger partial charge is 0.169 e. The van der Waals surface area contributed by atoms with Crippen LogP contribution in [0, 0.1) is 0 Å². The first-order valence-electron chi connectivity index (χ1n) is 8.07. The molecule has 0 amide bonds. The van der Waals surface area contributed by atoms with Crippen LogP contribution in [0.4, 0.5) is 0 Å². The molecule has 1 aliphatic heterocycles. The van der Waals surface area contributed by atoms with Crippen molar-refractivity contribution in [2.45, 2.75) is 19.4 Å². The molecule has 0 bridgehead atoms. The Labute approximate surface area is 136 Å². The van der Waals surface area contributed by atoms with Gasteiger partial charge < -0.3 is 14.8 Å². The van der Waals surface area contributed by atoms with Crippen LogP contribution in [0.15, 0.2) is 36.4 Å². The molecule has 1 unspecified atom stereocenters. The van der Waals surface area contributed by atoms with E-state index in [1.807, 2.05) is 0 Å². The highest BCUT2D eigenvalue weighted by Crippen LogP contribution is 2.47. The standard InChI is InChI=1S/C20H21NO2/c1-12-17-16(10-11-21-12)15-9-8-13-6-4-5-7-14(13)18(15)20(23-3)19(17)22-2/h4-9,12,21H,10-11H2,1-3H3. The zero-order valence-electron chi connectivity index (χ0n) is 13.8. The van der Waals surface area contributed by atoms with Crippen LogP contribution in [0.3, 0.4) is 0 Å². The summed E-state index contributed by atoms with van der Waals surface area (Å²) in [6.07, 6.45) is 1.01. The summed E-state index contributed by atoms with van der Waals surface area (Å²) in [5.41, 5.74) is 2.62. The summed E-state index contributed by atoms with van der Waals surface area (Å²) in [6.45, 7) is 3.18. The number of hydrogen-bond acceptors (Lipinski definition) is 3. The highest BCUT2D eigenvalue weighted by molar-refractivity contribution is 6.13. The molecule has 3 aromatic carbocycles. The minimum atomic E-state index is 0.262. The first-order valence-corrected chi connectivity index (χ1v) is 8.07. The molecule has 3 heteroatoms. The summed E-state index contributed by atoms with van der Waals surface area (Å²) >= 11 is 0. The van der Waals surface area contributed by atoms with Gasteiger partial charge in [0.1, 0.15) is 0 Å². The second-order valence-corrected chi connectivity index (χ2v) is 6.09. The van der Waals surface area contributed by atoms with Crippen molar-refractivity contribution in [2.24, 2.45) is 0 Å². The molecule has 4 rings (SSSR count). The van der Waals surface area contributed by atoms with Crippen molar-refractivity contribution < 1.29 is 9.47 Å². The Morgan fingerprint density at radius 2 is 1.74 bits per heavy atom. The lowest BCUT2D eigenvalue weighted by atomic mass is 9.87. The van der Waals surface area contributed by atoms with E-state index in [1.54, 1.807) is 14.2 Å². The zero-order chi connectivity index (χ0) is 16.0. The minimum absolute atomic E-state index is 0.262. The van der Waals surface area contributed by atoms with E-state index in [1.165, 1.54) is 27.3 Å². The second-order valence-electron chi connectivity index (χ2n) is 6.09. The summed E-state index contributed by atoms with van der Waals surface area (Å²) in [6, 6.07) is 13.2. The Morgan fingerprint density at radius 1 is 0.957 bits per heavy atom. The fourth-order valence-corrected chi connectivity index (χ4v) is 3.93. The Morgan fingerprint density at radius 3 is 2.52 bits per heavy atom. The number of rotatable bonds is 2. The minimum Gasteiger partial charge on any atom is -0.492 e. The molecular formula is C20H21NO2. The van der Waals surface area contributed by atoms with Crippen LogP contribution in [0.25, 0.3) is 21.5 Å². The Hall–Kier alpha value is -2.26. The highest BCUT2D eigenvalue weighted by atomic mass is 16.5. The van der Waals surface area contributed by atoms with E-state index in [4.69, 9.17) is 9.47 Å².